The molecular weight excluding hydrogens is 448 g/mol. The number of hydrogen-bond acceptors (Lipinski definition) is 8. The zero-order valence-corrected chi connectivity index (χ0v) is 17.0. The molecule has 2 aromatic heterocycles. The molecule has 178 valence electrons. The lowest BCUT2D eigenvalue weighted by atomic mass is 9.90. The molecule has 3 rings (SSSR count). The van der Waals surface area contributed by atoms with Gasteiger partial charge in [0.05, 0.1) is 17.4 Å². The second-order valence-corrected chi connectivity index (χ2v) is 8.33. The smallest absolute Gasteiger partial charge is 0.416 e. The minimum atomic E-state index is -5.24. The van der Waals surface area contributed by atoms with Crippen molar-refractivity contribution in [3.8, 4) is 11.6 Å². The van der Waals surface area contributed by atoms with E-state index in [1.807, 2.05) is 0 Å². The number of alkyl halides is 6. The number of rotatable bonds is 0. The zero-order chi connectivity index (χ0) is 24.1. The van der Waals surface area contributed by atoms with E-state index in [1.165, 1.54) is 0 Å². The van der Waals surface area contributed by atoms with Crippen LogP contribution in [0.3, 0.4) is 0 Å². The van der Waals surface area contributed by atoms with Crippen molar-refractivity contribution in [3.63, 3.8) is 0 Å². The van der Waals surface area contributed by atoms with Gasteiger partial charge in [0.15, 0.2) is 5.69 Å². The molecule has 0 aliphatic carbocycles. The molecule has 1 unspecified atom stereocenters. The summed E-state index contributed by atoms with van der Waals surface area (Å²) < 4.78 is 86.7. The summed E-state index contributed by atoms with van der Waals surface area (Å²) >= 11 is 0. The molecule has 3 heterocycles. The van der Waals surface area contributed by atoms with Crippen LogP contribution < -0.4 is 11.1 Å². The first-order chi connectivity index (χ1) is 14.5. The lowest BCUT2D eigenvalue weighted by Gasteiger charge is -2.31. The van der Waals surface area contributed by atoms with Gasteiger partial charge < -0.3 is 25.7 Å². The summed E-state index contributed by atoms with van der Waals surface area (Å²) in [5.74, 6) is -2.59. The Morgan fingerprint density at radius 1 is 1.12 bits per heavy atom. The Hall–Kier alpha value is -2.61. The lowest BCUT2D eigenvalue weighted by molar-refractivity contribution is -0.278. The molecule has 14 heteroatoms. The Kier molecular flexibility index (Phi) is 5.83. The number of aliphatic hydroxyl groups excluding tert-OH is 1. The highest BCUT2D eigenvalue weighted by Gasteiger charge is 2.58. The van der Waals surface area contributed by atoms with Gasteiger partial charge in [0.25, 0.3) is 11.8 Å². The van der Waals surface area contributed by atoms with Crippen LogP contribution in [0.15, 0.2) is 10.5 Å². The van der Waals surface area contributed by atoms with Gasteiger partial charge in [0.1, 0.15) is 5.82 Å². The van der Waals surface area contributed by atoms with Crippen LogP contribution in [-0.4, -0.2) is 43.2 Å². The number of nitrogen functional groups attached to an aromatic ring is 1. The van der Waals surface area contributed by atoms with Crippen LogP contribution in [0.2, 0.25) is 0 Å². The maximum atomic E-state index is 13.7. The van der Waals surface area contributed by atoms with Crippen molar-refractivity contribution in [1.29, 1.82) is 0 Å². The van der Waals surface area contributed by atoms with Crippen molar-refractivity contribution in [1.82, 2.24) is 15.2 Å². The van der Waals surface area contributed by atoms with Crippen LogP contribution in [0, 0.1) is 0 Å². The Morgan fingerprint density at radius 3 is 2.34 bits per heavy atom. The van der Waals surface area contributed by atoms with Crippen molar-refractivity contribution in [3.05, 3.63) is 17.5 Å². The minimum absolute atomic E-state index is 0.0633. The molecule has 0 amide bonds. The molecule has 1 aliphatic rings. The number of pyridine rings is 1. The molecule has 0 fully saturated rings. The van der Waals surface area contributed by atoms with E-state index < -0.39 is 77.0 Å². The predicted octanol–water partition coefficient (Wildman–Crippen LogP) is 3.61. The standard InChI is InChI=1S/C18H21F6N5O3/c1-15(2)5-3-8(30)4-6-16(31,18(22,23)24)14-29-28-13(32-14)11-10(25)7-9(17(19,20)21)12(26-11)27-15/h7-8,30-31H,3-6,25H2,1-2H3,(H,26,27)/t8?,16-/m1/s1. The molecule has 8 nitrogen and oxygen atoms in total. The Bertz CT molecular complexity index is 990. The lowest BCUT2D eigenvalue weighted by Crippen LogP contribution is -2.43. The first-order valence-corrected chi connectivity index (χ1v) is 9.51. The highest BCUT2D eigenvalue weighted by atomic mass is 19.4. The normalized spacial score (nSPS) is 24.5. The molecule has 4 bridgehead atoms. The van der Waals surface area contributed by atoms with E-state index >= 15 is 0 Å². The van der Waals surface area contributed by atoms with Crippen LogP contribution in [0.5, 0.6) is 0 Å². The Morgan fingerprint density at radius 2 is 1.75 bits per heavy atom. The van der Waals surface area contributed by atoms with Gasteiger partial charge in [0, 0.05) is 5.54 Å². The SMILES string of the molecule is CC1(C)CCC(O)CC[C@](O)(C(F)(F)F)c2nnc(o2)-c2nc(c(C(F)(F)F)cc2N)N1. The quantitative estimate of drug-likeness (QED) is 0.431. The molecule has 2 aromatic rings. The van der Waals surface area contributed by atoms with E-state index in [9.17, 15) is 36.6 Å². The summed E-state index contributed by atoms with van der Waals surface area (Å²) in [5.41, 5.74) is -1.20. The number of fused-ring (bicyclic) bond motifs is 5. The van der Waals surface area contributed by atoms with Gasteiger partial charge in [-0.05, 0) is 45.6 Å². The van der Waals surface area contributed by atoms with E-state index in [-0.39, 0.29) is 12.8 Å². The van der Waals surface area contributed by atoms with E-state index in [0.29, 0.717) is 6.07 Å². The average molecular weight is 469 g/mol. The van der Waals surface area contributed by atoms with Crippen molar-refractivity contribution in [2.45, 2.75) is 69.1 Å². The Balaban J connectivity index is 2.22. The fourth-order valence-corrected chi connectivity index (χ4v) is 3.30. The van der Waals surface area contributed by atoms with Gasteiger partial charge in [-0.25, -0.2) is 4.98 Å². The highest BCUT2D eigenvalue weighted by molar-refractivity contribution is 5.71. The van der Waals surface area contributed by atoms with Gasteiger partial charge in [-0.15, -0.1) is 10.2 Å². The number of halogens is 6. The molecule has 1 aliphatic heterocycles. The van der Waals surface area contributed by atoms with Crippen molar-refractivity contribution in [2.24, 2.45) is 0 Å². The fraction of sp³-hybridized carbons (Fsp3) is 0.611. The van der Waals surface area contributed by atoms with Gasteiger partial charge >= 0.3 is 12.4 Å². The summed E-state index contributed by atoms with van der Waals surface area (Å²) in [5, 5.41) is 29.8. The van der Waals surface area contributed by atoms with Gasteiger partial charge in [-0.1, -0.05) is 0 Å². The number of hydrogen-bond donors (Lipinski definition) is 4. The number of nitrogens with one attached hydrogen (secondary N) is 1. The topological polar surface area (TPSA) is 130 Å². The predicted molar refractivity (Wildman–Crippen MR) is 99.1 cm³/mol. The van der Waals surface area contributed by atoms with Crippen LogP contribution in [0.4, 0.5) is 37.8 Å². The van der Waals surface area contributed by atoms with Crippen molar-refractivity contribution < 1.29 is 41.0 Å². The number of nitrogens with two attached hydrogens (primary N) is 1. The molecule has 0 saturated carbocycles. The first-order valence-electron chi connectivity index (χ1n) is 9.51. The number of aliphatic hydroxyl groups is 2. The molecular formula is C18H21F6N5O3. The monoisotopic (exact) mass is 469 g/mol. The molecule has 0 aromatic carbocycles. The molecule has 32 heavy (non-hydrogen) atoms. The van der Waals surface area contributed by atoms with Crippen molar-refractivity contribution in [2.75, 3.05) is 11.1 Å². The van der Waals surface area contributed by atoms with E-state index in [2.05, 4.69) is 20.5 Å². The van der Waals surface area contributed by atoms with Crippen LogP contribution in [0.1, 0.15) is 51.0 Å². The maximum Gasteiger partial charge on any atom is 0.426 e. The molecule has 0 saturated heterocycles. The van der Waals surface area contributed by atoms with Crippen LogP contribution in [-0.2, 0) is 11.8 Å². The van der Waals surface area contributed by atoms with Crippen LogP contribution >= 0.6 is 0 Å². The second kappa shape index (κ2) is 7.76. The summed E-state index contributed by atoms with van der Waals surface area (Å²) in [6, 6.07) is 0.557. The Labute approximate surface area is 177 Å². The van der Waals surface area contributed by atoms with Crippen LogP contribution in [0.25, 0.3) is 11.6 Å². The van der Waals surface area contributed by atoms with Gasteiger partial charge in [-0.3, -0.25) is 0 Å². The molecule has 2 atom stereocenters. The van der Waals surface area contributed by atoms with Gasteiger partial charge in [0.2, 0.25) is 5.60 Å². The molecule has 0 radical (unpaired) electrons. The number of nitrogens with zero attached hydrogens (tertiary/aromatic N) is 3. The number of anilines is 2. The first kappa shape index (κ1) is 24.0. The number of aromatic nitrogens is 3. The zero-order valence-electron chi connectivity index (χ0n) is 17.0. The average Bonchev–Trinajstić information content (AvgIpc) is 3.13. The van der Waals surface area contributed by atoms with E-state index in [0.717, 1.165) is 0 Å². The summed E-state index contributed by atoms with van der Waals surface area (Å²) in [6.45, 7) is 3.08. The summed E-state index contributed by atoms with van der Waals surface area (Å²) in [6.07, 6.45) is -12.8. The fourth-order valence-electron chi connectivity index (χ4n) is 3.30. The third kappa shape index (κ3) is 4.60. The summed E-state index contributed by atoms with van der Waals surface area (Å²) in [4.78, 5) is 3.82. The molecule has 0 spiro atoms. The summed E-state index contributed by atoms with van der Waals surface area (Å²) in [7, 11) is 0. The maximum absolute atomic E-state index is 13.7. The van der Waals surface area contributed by atoms with Gasteiger partial charge in [-0.2, -0.15) is 26.3 Å². The second-order valence-electron chi connectivity index (χ2n) is 8.33. The highest BCUT2D eigenvalue weighted by Crippen LogP contribution is 2.44. The third-order valence-electron chi connectivity index (χ3n) is 5.21. The largest absolute Gasteiger partial charge is 0.426 e. The van der Waals surface area contributed by atoms with Crippen molar-refractivity contribution >= 4 is 11.5 Å². The minimum Gasteiger partial charge on any atom is -0.416 e. The third-order valence-corrected chi connectivity index (χ3v) is 5.21. The van der Waals surface area contributed by atoms with E-state index in [4.69, 9.17) is 10.2 Å². The van der Waals surface area contributed by atoms with E-state index in [1.54, 1.807) is 13.8 Å². The molecule has 5 N–H and O–H groups in total.